The van der Waals surface area contributed by atoms with Crippen LogP contribution in [0.5, 0.6) is 0 Å². The van der Waals surface area contributed by atoms with Crippen molar-refractivity contribution >= 4 is 0 Å². The molecule has 0 aromatic carbocycles. The second kappa shape index (κ2) is 11.8. The lowest BCUT2D eigenvalue weighted by Gasteiger charge is -2.21. The predicted octanol–water partition coefficient (Wildman–Crippen LogP) is -1.49. The van der Waals surface area contributed by atoms with Gasteiger partial charge >= 0.3 is 0 Å². The lowest BCUT2D eigenvalue weighted by atomic mass is 9.94. The zero-order chi connectivity index (χ0) is 13.8. The third-order valence-corrected chi connectivity index (χ3v) is 2.99. The molecule has 0 amide bonds. The van der Waals surface area contributed by atoms with Gasteiger partial charge in [-0.15, -0.1) is 0 Å². The van der Waals surface area contributed by atoms with Crippen LogP contribution in [0.1, 0.15) is 25.7 Å². The van der Waals surface area contributed by atoms with E-state index >= 15 is 0 Å². The van der Waals surface area contributed by atoms with Gasteiger partial charge in [-0.2, -0.15) is 0 Å². The van der Waals surface area contributed by atoms with Gasteiger partial charge in [-0.1, -0.05) is 0 Å². The summed E-state index contributed by atoms with van der Waals surface area (Å²) < 4.78 is 0. The highest BCUT2D eigenvalue weighted by atomic mass is 16.3. The monoisotopic (exact) mass is 264 g/mol. The average Bonchev–Trinajstić information content (AvgIpc) is 2.35. The molecule has 0 spiro atoms. The molecule has 1 aliphatic rings. The first kappa shape index (κ1) is 17.8. The summed E-state index contributed by atoms with van der Waals surface area (Å²) >= 11 is 0. The molecular formula is C12H28N2O4. The molecule has 0 bridgehead atoms. The van der Waals surface area contributed by atoms with Crippen molar-refractivity contribution in [2.24, 2.45) is 5.73 Å². The molecule has 0 saturated heterocycles. The smallest absolute Gasteiger partial charge is 0.0558 e. The van der Waals surface area contributed by atoms with Crippen LogP contribution >= 0.6 is 0 Å². The minimum absolute atomic E-state index is 0.0604. The number of aliphatic hydroxyl groups excluding tert-OH is 4. The van der Waals surface area contributed by atoms with Gasteiger partial charge in [0.2, 0.25) is 0 Å². The van der Waals surface area contributed by atoms with E-state index in [2.05, 4.69) is 0 Å². The van der Waals surface area contributed by atoms with Crippen LogP contribution in [0.3, 0.4) is 0 Å². The fourth-order valence-corrected chi connectivity index (χ4v) is 1.86. The number of aliphatic hydroxyl groups is 4. The normalized spacial score (nSPS) is 23.7. The lowest BCUT2D eigenvalue weighted by Crippen LogP contribution is -2.32. The van der Waals surface area contributed by atoms with Crippen LogP contribution in [0.4, 0.5) is 0 Å². The summed E-state index contributed by atoms with van der Waals surface area (Å²) in [7, 11) is 0. The Morgan fingerprint density at radius 2 is 1.22 bits per heavy atom. The molecule has 110 valence electrons. The maximum absolute atomic E-state index is 8.97. The quantitative estimate of drug-likeness (QED) is 0.400. The number of nitrogens with zero attached hydrogens (tertiary/aromatic N) is 1. The Labute approximate surface area is 109 Å². The van der Waals surface area contributed by atoms with Crippen molar-refractivity contribution in [2.75, 3.05) is 39.5 Å². The highest BCUT2D eigenvalue weighted by Crippen LogP contribution is 2.15. The van der Waals surface area contributed by atoms with E-state index in [9.17, 15) is 0 Å². The van der Waals surface area contributed by atoms with Gasteiger partial charge in [0.15, 0.2) is 0 Å². The number of nitrogens with two attached hydrogens (primary N) is 1. The van der Waals surface area contributed by atoms with E-state index < -0.39 is 0 Å². The van der Waals surface area contributed by atoms with Crippen LogP contribution < -0.4 is 5.73 Å². The largest absolute Gasteiger partial charge is 0.395 e. The molecule has 6 heteroatoms. The molecule has 1 aliphatic carbocycles. The maximum atomic E-state index is 8.97. The van der Waals surface area contributed by atoms with E-state index in [4.69, 9.17) is 26.2 Å². The van der Waals surface area contributed by atoms with E-state index in [-0.39, 0.29) is 25.9 Å². The number of rotatable bonds is 6. The lowest BCUT2D eigenvalue weighted by molar-refractivity contribution is 0.123. The summed E-state index contributed by atoms with van der Waals surface area (Å²) in [5, 5.41) is 34.4. The Morgan fingerprint density at radius 1 is 0.833 bits per heavy atom. The first-order chi connectivity index (χ1) is 8.63. The Morgan fingerprint density at radius 3 is 1.50 bits per heavy atom. The Balaban J connectivity index is 0.000000327. The van der Waals surface area contributed by atoms with E-state index in [1.807, 2.05) is 0 Å². The van der Waals surface area contributed by atoms with Gasteiger partial charge in [0.1, 0.15) is 0 Å². The fraction of sp³-hybridized carbons (Fsp3) is 1.00. The van der Waals surface area contributed by atoms with Crippen molar-refractivity contribution in [1.29, 1.82) is 0 Å². The molecule has 0 radical (unpaired) electrons. The van der Waals surface area contributed by atoms with E-state index in [0.717, 1.165) is 25.7 Å². The second-order valence-electron chi connectivity index (χ2n) is 4.58. The first-order valence-corrected chi connectivity index (χ1v) is 6.62. The average molecular weight is 264 g/mol. The Hall–Kier alpha value is -0.240. The highest BCUT2D eigenvalue weighted by molar-refractivity contribution is 4.72. The summed E-state index contributed by atoms with van der Waals surface area (Å²) in [6.07, 6.45) is 3.75. The third-order valence-electron chi connectivity index (χ3n) is 2.99. The summed E-state index contributed by atoms with van der Waals surface area (Å²) in [5.41, 5.74) is 5.59. The fourth-order valence-electron chi connectivity index (χ4n) is 1.86. The van der Waals surface area contributed by atoms with Crippen molar-refractivity contribution in [3.8, 4) is 0 Å². The molecule has 0 aliphatic heterocycles. The van der Waals surface area contributed by atoms with E-state index in [1.54, 1.807) is 4.90 Å². The SMILES string of the molecule is NC1CCC(O)CC1.OCCN(CCO)CCO. The van der Waals surface area contributed by atoms with Crippen LogP contribution in [0, 0.1) is 0 Å². The summed E-state index contributed by atoms with van der Waals surface area (Å²) in [6, 6.07) is 0.360. The van der Waals surface area contributed by atoms with E-state index in [0.29, 0.717) is 25.7 Å². The van der Waals surface area contributed by atoms with Crippen LogP contribution in [-0.2, 0) is 0 Å². The zero-order valence-electron chi connectivity index (χ0n) is 11.0. The van der Waals surface area contributed by atoms with Crippen molar-refractivity contribution in [3.63, 3.8) is 0 Å². The second-order valence-corrected chi connectivity index (χ2v) is 4.58. The van der Waals surface area contributed by atoms with Gasteiger partial charge in [0.25, 0.3) is 0 Å². The van der Waals surface area contributed by atoms with Gasteiger partial charge < -0.3 is 26.2 Å². The maximum Gasteiger partial charge on any atom is 0.0558 e. The molecule has 6 nitrogen and oxygen atoms in total. The first-order valence-electron chi connectivity index (χ1n) is 6.62. The minimum atomic E-state index is -0.0604. The van der Waals surface area contributed by atoms with Crippen LogP contribution in [0.15, 0.2) is 0 Å². The topological polar surface area (TPSA) is 110 Å². The van der Waals surface area contributed by atoms with Gasteiger partial charge in [0, 0.05) is 25.7 Å². The van der Waals surface area contributed by atoms with Gasteiger partial charge in [0.05, 0.1) is 25.9 Å². The molecule has 0 aromatic rings. The Bertz CT molecular complexity index is 151. The molecule has 0 aromatic heterocycles. The summed E-state index contributed by atoms with van der Waals surface area (Å²) in [5.74, 6) is 0. The number of hydrogen-bond donors (Lipinski definition) is 5. The van der Waals surface area contributed by atoms with E-state index in [1.165, 1.54) is 0 Å². The minimum Gasteiger partial charge on any atom is -0.395 e. The predicted molar refractivity (Wildman–Crippen MR) is 70.1 cm³/mol. The highest BCUT2D eigenvalue weighted by Gasteiger charge is 2.14. The van der Waals surface area contributed by atoms with Crippen LogP contribution in [0.25, 0.3) is 0 Å². The molecule has 1 fully saturated rings. The van der Waals surface area contributed by atoms with Crippen LogP contribution in [-0.4, -0.2) is 76.9 Å². The molecule has 18 heavy (non-hydrogen) atoms. The zero-order valence-corrected chi connectivity index (χ0v) is 11.0. The van der Waals surface area contributed by atoms with Crippen molar-refractivity contribution in [2.45, 2.75) is 37.8 Å². The molecule has 0 unspecified atom stereocenters. The molecule has 1 rings (SSSR count). The summed E-state index contributed by atoms with van der Waals surface area (Å²) in [4.78, 5) is 1.79. The molecule has 6 N–H and O–H groups in total. The molecule has 0 atom stereocenters. The molecular weight excluding hydrogens is 236 g/mol. The standard InChI is InChI=1S/C6H15NO3.C6H13NO/c8-4-1-7(2-5-9)3-6-10;7-5-1-3-6(8)4-2-5/h8-10H,1-6H2;5-6,8H,1-4,7H2. The Kier molecular flexibility index (Phi) is 11.7. The van der Waals surface area contributed by atoms with Crippen molar-refractivity contribution in [3.05, 3.63) is 0 Å². The van der Waals surface area contributed by atoms with Crippen LogP contribution in [0.2, 0.25) is 0 Å². The van der Waals surface area contributed by atoms with Gasteiger partial charge in [-0.3, -0.25) is 4.90 Å². The molecule has 1 saturated carbocycles. The number of hydrogen-bond acceptors (Lipinski definition) is 6. The van der Waals surface area contributed by atoms with Crippen molar-refractivity contribution < 1.29 is 20.4 Å². The molecule has 0 heterocycles. The van der Waals surface area contributed by atoms with Crippen molar-refractivity contribution in [1.82, 2.24) is 4.90 Å². The van der Waals surface area contributed by atoms with Gasteiger partial charge in [-0.05, 0) is 25.7 Å². The summed E-state index contributed by atoms with van der Waals surface area (Å²) in [6.45, 7) is 1.75. The van der Waals surface area contributed by atoms with Gasteiger partial charge in [-0.25, -0.2) is 0 Å². The third kappa shape index (κ3) is 9.76.